The molecule has 0 radical (unpaired) electrons. The van der Waals surface area contributed by atoms with E-state index in [0.717, 1.165) is 130 Å². The largest absolute Gasteiger partial charge is 0.325 e. The highest BCUT2D eigenvalue weighted by molar-refractivity contribution is 8.16. The van der Waals surface area contributed by atoms with E-state index in [4.69, 9.17) is 0 Å². The van der Waals surface area contributed by atoms with Crippen molar-refractivity contribution in [3.05, 3.63) is 351 Å². The molecule has 1 aliphatic carbocycles. The van der Waals surface area contributed by atoms with Crippen LogP contribution in [-0.2, 0) is 35.8 Å². The third-order valence-corrected chi connectivity index (χ3v) is 27.6. The molecule has 6 amide bonds. The molecule has 12 heterocycles. The van der Waals surface area contributed by atoms with Crippen LogP contribution in [0.15, 0.2) is 379 Å². The lowest BCUT2D eigenvalue weighted by Gasteiger charge is -2.22. The van der Waals surface area contributed by atoms with Crippen molar-refractivity contribution in [2.75, 3.05) is 50.0 Å². The van der Waals surface area contributed by atoms with E-state index in [-0.39, 0.29) is 57.6 Å². The fraction of sp³-hybridized carbons (Fsp3) is 0.183. The third kappa shape index (κ3) is 31.0. The number of nitrogens with one attached hydrogen (secondary N) is 5. The highest BCUT2D eigenvalue weighted by atomic mass is 32.2. The van der Waals surface area contributed by atoms with Crippen LogP contribution in [-0.4, -0.2) is 182 Å². The first kappa shape index (κ1) is 103. The van der Waals surface area contributed by atoms with E-state index >= 15 is 0 Å². The normalized spacial score (nSPS) is 13.7. The molecule has 19 rings (SSSR count). The minimum atomic E-state index is -0.649. The van der Waals surface area contributed by atoms with E-state index in [1.54, 1.807) is 85.2 Å². The summed E-state index contributed by atoms with van der Waals surface area (Å²) in [5, 5.41) is 68.3. The number of nitrogens with zero attached hydrogens (tertiary/aromatic N) is 21. The lowest BCUT2D eigenvalue weighted by atomic mass is 10.2. The number of carbonyl (C=O) groups is 7. The number of hydrogen-bond donors (Lipinski definition) is 5. The number of thioether (sulfide) groups is 6. The van der Waals surface area contributed by atoms with Gasteiger partial charge in [-0.25, -0.2) is 4.57 Å². The van der Waals surface area contributed by atoms with Crippen molar-refractivity contribution in [1.82, 2.24) is 59.4 Å². The Bertz CT molecular complexity index is 6810. The molecule has 0 saturated heterocycles. The smallest absolute Gasteiger partial charge is 0.241 e. The van der Waals surface area contributed by atoms with E-state index in [2.05, 4.69) is 118 Å². The zero-order valence-electron chi connectivity index (χ0n) is 78.7. The minimum Gasteiger partial charge on any atom is -0.325 e. The predicted molar refractivity (Wildman–Crippen MR) is 577 cm³/mol. The van der Waals surface area contributed by atoms with Gasteiger partial charge in [-0.05, 0) is 186 Å². The Morgan fingerprint density at radius 1 is 0.378 bits per heavy atom. The molecule has 8 aromatic heterocycles. The molecule has 4 aliphatic heterocycles. The predicted octanol–water partition coefficient (Wildman–Crippen LogP) is 19.3. The van der Waals surface area contributed by atoms with Gasteiger partial charge in [0.25, 0.3) is 0 Å². The molecule has 0 spiro atoms. The Morgan fingerprint density at radius 2 is 0.734 bits per heavy atom. The number of pyridine rings is 6. The average molecular weight is 2020 g/mol. The monoisotopic (exact) mass is 2010 g/mol. The second-order valence-corrected chi connectivity index (χ2v) is 39.9. The van der Waals surface area contributed by atoms with Crippen molar-refractivity contribution in [3.8, 4) is 23.0 Å². The summed E-state index contributed by atoms with van der Waals surface area (Å²) < 4.78 is 2.18. The zero-order chi connectivity index (χ0) is 100. The fourth-order valence-corrected chi connectivity index (χ4v) is 18.8. The Balaban J connectivity index is 0.000000136. The van der Waals surface area contributed by atoms with Gasteiger partial charge in [-0.1, -0.05) is 216 Å². The summed E-state index contributed by atoms with van der Waals surface area (Å²) in [4.78, 5) is 113. The van der Waals surface area contributed by atoms with Gasteiger partial charge in [0.05, 0.1) is 72.4 Å². The van der Waals surface area contributed by atoms with Crippen molar-refractivity contribution >= 4 is 189 Å². The summed E-state index contributed by atoms with van der Waals surface area (Å²) in [6, 6.07) is 90.4. The molecule has 0 bridgehead atoms. The third-order valence-electron chi connectivity index (χ3n) is 20.9. The second-order valence-electron chi connectivity index (χ2n) is 32.0. The second kappa shape index (κ2) is 52.1. The van der Waals surface area contributed by atoms with Gasteiger partial charge in [0.15, 0.2) is 22.0 Å². The van der Waals surface area contributed by atoms with Crippen molar-refractivity contribution in [3.63, 3.8) is 0 Å². The molecular formula is C104H98N26O7S6. The van der Waals surface area contributed by atoms with E-state index < -0.39 is 9.49 Å². The first-order valence-corrected chi connectivity index (χ1v) is 50.4. The maximum atomic E-state index is 12.7. The van der Waals surface area contributed by atoms with Crippen LogP contribution in [0.25, 0.3) is 23.0 Å². The number of benzene rings is 6. The zero-order valence-corrected chi connectivity index (χ0v) is 83.6. The molecule has 1 fully saturated rings. The van der Waals surface area contributed by atoms with E-state index in [1.807, 2.05) is 306 Å². The quantitative estimate of drug-likeness (QED) is 0.0314. The molecule has 2 atom stereocenters. The Morgan fingerprint density at radius 3 is 1.17 bits per heavy atom. The van der Waals surface area contributed by atoms with Crippen LogP contribution in [0.1, 0.15) is 101 Å². The van der Waals surface area contributed by atoms with Crippen LogP contribution in [0.3, 0.4) is 0 Å². The van der Waals surface area contributed by atoms with Gasteiger partial charge in [0, 0.05) is 118 Å². The van der Waals surface area contributed by atoms with Gasteiger partial charge in [0.1, 0.15) is 36.3 Å². The average Bonchev–Trinajstić information content (AvgIpc) is 1.61. The van der Waals surface area contributed by atoms with Gasteiger partial charge < -0.3 is 36.1 Å². The summed E-state index contributed by atoms with van der Waals surface area (Å²) >= 11 is 8.34. The molecule has 33 nitrogen and oxygen atoms in total. The lowest BCUT2D eigenvalue weighted by Crippen LogP contribution is -2.35. The Kier molecular flexibility index (Phi) is 37.6. The maximum Gasteiger partial charge on any atom is 0.241 e. The van der Waals surface area contributed by atoms with Crippen LogP contribution < -0.4 is 31.5 Å². The van der Waals surface area contributed by atoms with E-state index in [1.165, 1.54) is 58.5 Å². The summed E-state index contributed by atoms with van der Waals surface area (Å²) in [6.07, 6.45) is 14.5. The van der Waals surface area contributed by atoms with Crippen molar-refractivity contribution in [2.45, 2.75) is 103 Å². The van der Waals surface area contributed by atoms with Gasteiger partial charge in [-0.3, -0.25) is 63.5 Å². The maximum absolute atomic E-state index is 12.7. The SMILES string of the molecule is CC(=O)n1c(SCC(=O)Nc2ccccc2)nnc1-c1ccccn1.CC(C)(SC1=NN=C(c2ccccn2)C1)C(=O)Nc1ccccc1.CC(SC1=NN=C(c2ccccn2)C1)C(=O)Nc1ccccc1.CC(Sc1nnc(-c2ccccn2)n1C)C(=O)N(C)c1ccccc1.O=C(CSC1=NN=C(c2ccccn2)C1)Nc1ccccc1.O=C(Nc1ccccc1)C1(SC2=NN=C(c3ccccn3)C2)CC1. The topological polar surface area (TPSA) is 421 Å². The molecule has 143 heavy (non-hydrogen) atoms. The first-order valence-electron chi connectivity index (χ1n) is 45.0. The molecular weight excluding hydrogens is 1920 g/mol. The molecule has 39 heteroatoms. The molecule has 14 aromatic rings. The standard InChI is InChI=1S/C18H19N5OS.C18H16N4OS.C18H18N4OS.C17H15N5O2S.C17H16N4OS.C16H14N4OS/c1-13(17(24)22(2)14-9-5-4-6-10-14)25-18-21-20-16(23(18)3)15-11-7-8-12-19-15;23-17(20-13-6-2-1-3-7-13)18(9-10-18)24-16-12-15(21-22-16)14-8-4-5-11-19-14;1-18(2,17(23)20-13-8-4-3-5-9-13)24-16-12-15(21-22-16)14-10-6-7-11-19-14;1-12(23)22-16(14-9-5-6-10-18-14)20-21-17(22)25-11-15(24)19-13-7-3-2-4-8-13;1-12(17(22)19-13-7-3-2-4-8-13)23-16-11-15(20-21-16)14-9-5-6-10-18-14;21-15(18-12-6-2-1-3-7-12)11-22-16-10-14(19-20-16)13-8-4-5-9-17-13/h4-13H,1-3H3;1-8,11H,9-10,12H2,(H,20,23);3-11H,12H2,1-2H3,(H,20,23);2-10H,11H2,1H3,(H,19,24);2-10,12H,11H2,1H3,(H,19,22);1-9H,10-11H2,(H,18,21). The van der Waals surface area contributed by atoms with Crippen molar-refractivity contribution in [2.24, 2.45) is 47.9 Å². The summed E-state index contributed by atoms with van der Waals surface area (Å²) in [5.41, 5.74) is 12.8. The Hall–Kier alpha value is -15.6. The summed E-state index contributed by atoms with van der Waals surface area (Å²) in [6.45, 7) is 8.93. The lowest BCUT2D eigenvalue weighted by molar-refractivity contribution is -0.118. The van der Waals surface area contributed by atoms with Crippen LogP contribution in [0.2, 0.25) is 0 Å². The molecule has 5 N–H and O–H groups in total. The minimum absolute atomic E-state index is 0.0126. The Labute approximate surface area is 851 Å². The molecule has 5 aliphatic rings. The van der Waals surface area contributed by atoms with Crippen molar-refractivity contribution in [1.29, 1.82) is 0 Å². The van der Waals surface area contributed by atoms with Crippen LogP contribution >= 0.6 is 70.6 Å². The number of aromatic nitrogens is 12. The van der Waals surface area contributed by atoms with Crippen LogP contribution in [0.5, 0.6) is 0 Å². The number of para-hydroxylation sites is 6. The summed E-state index contributed by atoms with van der Waals surface area (Å²) in [5.74, 6) is 0.948. The molecule has 2 unspecified atom stereocenters. The molecule has 1 saturated carbocycles. The highest BCUT2D eigenvalue weighted by Crippen LogP contribution is 2.51. The van der Waals surface area contributed by atoms with Gasteiger partial charge in [-0.2, -0.15) is 20.4 Å². The highest BCUT2D eigenvalue weighted by Gasteiger charge is 2.52. The molecule has 6 aromatic carbocycles. The fourth-order valence-electron chi connectivity index (χ4n) is 13.3. The van der Waals surface area contributed by atoms with Gasteiger partial charge in [-0.15, -0.1) is 40.8 Å². The molecule has 722 valence electrons. The van der Waals surface area contributed by atoms with Crippen LogP contribution in [0, 0.1) is 0 Å². The van der Waals surface area contributed by atoms with Gasteiger partial charge >= 0.3 is 0 Å². The van der Waals surface area contributed by atoms with E-state index in [0.29, 0.717) is 59.1 Å². The van der Waals surface area contributed by atoms with Crippen LogP contribution in [0.4, 0.5) is 34.1 Å². The summed E-state index contributed by atoms with van der Waals surface area (Å²) in [7, 11) is 3.66. The number of hydrogen-bond acceptors (Lipinski definition) is 31. The first-order chi connectivity index (χ1) is 69.5. The number of rotatable bonds is 26. The number of amides is 6. The van der Waals surface area contributed by atoms with Gasteiger partial charge in [0.2, 0.25) is 41.4 Å². The van der Waals surface area contributed by atoms with E-state index in [9.17, 15) is 33.6 Å². The number of anilines is 6. The number of carbonyl (C=O) groups excluding carboxylic acids is 7. The van der Waals surface area contributed by atoms with Crippen molar-refractivity contribution < 1.29 is 33.6 Å².